The van der Waals surface area contributed by atoms with E-state index in [2.05, 4.69) is 10.6 Å². The van der Waals surface area contributed by atoms with Gasteiger partial charge in [0.1, 0.15) is 5.75 Å². The fraction of sp³-hybridized carbons (Fsp3) is 0.562. The first-order chi connectivity index (χ1) is 10.6. The van der Waals surface area contributed by atoms with Crippen LogP contribution < -0.4 is 15.4 Å². The number of urea groups is 1. The molecule has 22 heavy (non-hydrogen) atoms. The Morgan fingerprint density at radius 2 is 2.27 bits per heavy atom. The molecule has 0 unspecified atom stereocenters. The Balaban J connectivity index is 1.56. The lowest BCUT2D eigenvalue weighted by atomic mass is 9.87. The van der Waals surface area contributed by atoms with E-state index in [1.54, 1.807) is 6.07 Å². The van der Waals surface area contributed by atoms with E-state index in [-0.39, 0.29) is 12.1 Å². The van der Waals surface area contributed by atoms with Gasteiger partial charge < -0.3 is 20.5 Å². The number of aliphatic hydroxyl groups excluding tert-OH is 1. The van der Waals surface area contributed by atoms with Gasteiger partial charge in [-0.1, -0.05) is 18.0 Å². The van der Waals surface area contributed by atoms with E-state index in [9.17, 15) is 9.90 Å². The SMILES string of the molecule is O=C(NC[C@@H]1CCC[C@@H](O)C1)Nc1cc(Cl)cc2c1OCC2. The Hall–Kier alpha value is -1.46. The Morgan fingerprint density at radius 1 is 1.41 bits per heavy atom. The molecule has 0 saturated heterocycles. The van der Waals surface area contributed by atoms with Crippen molar-refractivity contribution in [2.75, 3.05) is 18.5 Å². The standard InChI is InChI=1S/C16H21ClN2O3/c17-12-7-11-4-5-22-15(11)14(8-12)19-16(21)18-9-10-2-1-3-13(20)6-10/h7-8,10,13,20H,1-6,9H2,(H2,18,19,21)/t10-,13-/m1/s1. The number of carbonyl (C=O) groups excluding carboxylic acids is 1. The van der Waals surface area contributed by atoms with Crippen LogP contribution in [-0.2, 0) is 6.42 Å². The van der Waals surface area contributed by atoms with Gasteiger partial charge in [-0.2, -0.15) is 0 Å². The van der Waals surface area contributed by atoms with E-state index in [4.69, 9.17) is 16.3 Å². The number of benzene rings is 1. The van der Waals surface area contributed by atoms with Gasteiger partial charge in [-0.05, 0) is 37.3 Å². The summed E-state index contributed by atoms with van der Waals surface area (Å²) in [6.45, 7) is 1.19. The summed E-state index contributed by atoms with van der Waals surface area (Å²) in [6.07, 6.45) is 4.28. The van der Waals surface area contributed by atoms with E-state index in [0.29, 0.717) is 35.5 Å². The largest absolute Gasteiger partial charge is 0.491 e. The van der Waals surface area contributed by atoms with Gasteiger partial charge in [-0.3, -0.25) is 0 Å². The Morgan fingerprint density at radius 3 is 3.09 bits per heavy atom. The van der Waals surface area contributed by atoms with Gasteiger partial charge in [0.25, 0.3) is 0 Å². The number of amides is 2. The maximum Gasteiger partial charge on any atom is 0.319 e. The van der Waals surface area contributed by atoms with Crippen molar-refractivity contribution in [2.24, 2.45) is 5.92 Å². The second kappa shape index (κ2) is 6.75. The number of rotatable bonds is 3. The van der Waals surface area contributed by atoms with E-state index < -0.39 is 0 Å². The topological polar surface area (TPSA) is 70.6 Å². The minimum absolute atomic E-state index is 0.229. The summed E-state index contributed by atoms with van der Waals surface area (Å²) in [5, 5.41) is 15.9. The minimum Gasteiger partial charge on any atom is -0.491 e. The molecule has 1 saturated carbocycles. The number of ether oxygens (including phenoxy) is 1. The molecule has 2 aliphatic rings. The fourth-order valence-corrected chi connectivity index (χ4v) is 3.45. The van der Waals surface area contributed by atoms with Crippen molar-refractivity contribution in [1.82, 2.24) is 5.32 Å². The van der Waals surface area contributed by atoms with Gasteiger partial charge >= 0.3 is 6.03 Å². The van der Waals surface area contributed by atoms with Crippen LogP contribution in [0.1, 0.15) is 31.2 Å². The van der Waals surface area contributed by atoms with Crippen molar-refractivity contribution in [3.8, 4) is 5.75 Å². The number of hydrogen-bond acceptors (Lipinski definition) is 3. The first kappa shape index (κ1) is 15.4. The molecule has 1 fully saturated rings. The predicted molar refractivity (Wildman–Crippen MR) is 85.6 cm³/mol. The summed E-state index contributed by atoms with van der Waals surface area (Å²) >= 11 is 6.07. The van der Waals surface area contributed by atoms with Crippen LogP contribution in [0.5, 0.6) is 5.75 Å². The van der Waals surface area contributed by atoms with E-state index >= 15 is 0 Å². The zero-order valence-electron chi connectivity index (χ0n) is 12.4. The van der Waals surface area contributed by atoms with Crippen molar-refractivity contribution < 1.29 is 14.6 Å². The summed E-state index contributed by atoms with van der Waals surface area (Å²) in [5.74, 6) is 1.06. The Labute approximate surface area is 135 Å². The molecule has 1 aliphatic carbocycles. The van der Waals surface area contributed by atoms with E-state index in [1.807, 2.05) is 6.07 Å². The number of carbonyl (C=O) groups is 1. The molecule has 1 heterocycles. The summed E-state index contributed by atoms with van der Waals surface area (Å²) in [5.41, 5.74) is 1.64. The Kier molecular flexibility index (Phi) is 4.74. The van der Waals surface area contributed by atoms with Gasteiger partial charge in [0, 0.05) is 23.6 Å². The third-order valence-electron chi connectivity index (χ3n) is 4.30. The van der Waals surface area contributed by atoms with Gasteiger partial charge in [0.15, 0.2) is 0 Å². The van der Waals surface area contributed by atoms with Crippen LogP contribution in [0.4, 0.5) is 10.5 Å². The van der Waals surface area contributed by atoms with Crippen molar-refractivity contribution in [1.29, 1.82) is 0 Å². The highest BCUT2D eigenvalue weighted by molar-refractivity contribution is 6.31. The average Bonchev–Trinajstić information content (AvgIpc) is 2.93. The van der Waals surface area contributed by atoms with Crippen LogP contribution in [0.25, 0.3) is 0 Å². The molecule has 3 rings (SSSR count). The monoisotopic (exact) mass is 324 g/mol. The summed E-state index contributed by atoms with van der Waals surface area (Å²) in [7, 11) is 0. The van der Waals surface area contributed by atoms with Gasteiger partial charge in [-0.15, -0.1) is 0 Å². The van der Waals surface area contributed by atoms with E-state index in [1.165, 1.54) is 0 Å². The van der Waals surface area contributed by atoms with Crippen LogP contribution in [0.2, 0.25) is 5.02 Å². The molecule has 1 aromatic rings. The average molecular weight is 325 g/mol. The highest BCUT2D eigenvalue weighted by atomic mass is 35.5. The summed E-state index contributed by atoms with van der Waals surface area (Å²) in [6, 6.07) is 3.31. The van der Waals surface area contributed by atoms with Crippen molar-refractivity contribution in [2.45, 2.75) is 38.2 Å². The maximum absolute atomic E-state index is 12.1. The lowest BCUT2D eigenvalue weighted by molar-refractivity contribution is 0.101. The predicted octanol–water partition coefficient (Wildman–Crippen LogP) is 2.95. The van der Waals surface area contributed by atoms with Crippen LogP contribution in [0.3, 0.4) is 0 Å². The zero-order chi connectivity index (χ0) is 15.5. The third kappa shape index (κ3) is 3.65. The summed E-state index contributed by atoms with van der Waals surface area (Å²) < 4.78 is 5.56. The lowest BCUT2D eigenvalue weighted by Crippen LogP contribution is -2.35. The first-order valence-electron chi connectivity index (χ1n) is 7.80. The fourth-order valence-electron chi connectivity index (χ4n) is 3.21. The zero-order valence-corrected chi connectivity index (χ0v) is 13.2. The second-order valence-corrected chi connectivity index (χ2v) is 6.50. The molecule has 120 valence electrons. The molecule has 5 nitrogen and oxygen atoms in total. The number of halogens is 1. The number of anilines is 1. The smallest absolute Gasteiger partial charge is 0.319 e. The molecule has 6 heteroatoms. The molecule has 1 aromatic carbocycles. The van der Waals surface area contributed by atoms with Crippen LogP contribution >= 0.6 is 11.6 Å². The normalized spacial score (nSPS) is 23.5. The van der Waals surface area contributed by atoms with Gasteiger partial charge in [0.2, 0.25) is 0 Å². The minimum atomic E-state index is -0.264. The molecular weight excluding hydrogens is 304 g/mol. The molecule has 0 radical (unpaired) electrons. The third-order valence-corrected chi connectivity index (χ3v) is 4.52. The highest BCUT2D eigenvalue weighted by Gasteiger charge is 2.22. The highest BCUT2D eigenvalue weighted by Crippen LogP contribution is 2.36. The van der Waals surface area contributed by atoms with Crippen LogP contribution in [-0.4, -0.2) is 30.4 Å². The molecule has 0 aromatic heterocycles. The van der Waals surface area contributed by atoms with E-state index in [0.717, 1.165) is 37.7 Å². The molecule has 3 N–H and O–H groups in total. The van der Waals surface area contributed by atoms with Crippen molar-refractivity contribution in [3.05, 3.63) is 22.7 Å². The van der Waals surface area contributed by atoms with Crippen molar-refractivity contribution >= 4 is 23.3 Å². The number of fused-ring (bicyclic) bond motifs is 1. The Bertz CT molecular complexity index is 565. The molecule has 1 aliphatic heterocycles. The number of hydrogen-bond donors (Lipinski definition) is 3. The maximum atomic E-state index is 12.1. The van der Waals surface area contributed by atoms with Crippen LogP contribution in [0.15, 0.2) is 12.1 Å². The second-order valence-electron chi connectivity index (χ2n) is 6.06. The molecular formula is C16H21ClN2O3. The summed E-state index contributed by atoms with van der Waals surface area (Å²) in [4.78, 5) is 12.1. The van der Waals surface area contributed by atoms with Gasteiger partial charge in [-0.25, -0.2) is 4.79 Å². The molecule has 2 atom stereocenters. The van der Waals surface area contributed by atoms with Crippen molar-refractivity contribution in [3.63, 3.8) is 0 Å². The van der Waals surface area contributed by atoms with Crippen LogP contribution in [0, 0.1) is 5.92 Å². The molecule has 0 bridgehead atoms. The lowest BCUT2D eigenvalue weighted by Gasteiger charge is -2.25. The number of nitrogens with one attached hydrogen (secondary N) is 2. The molecule has 2 amide bonds. The number of aliphatic hydroxyl groups is 1. The van der Waals surface area contributed by atoms with Gasteiger partial charge in [0.05, 0.1) is 18.4 Å². The first-order valence-corrected chi connectivity index (χ1v) is 8.18. The quantitative estimate of drug-likeness (QED) is 0.800. The molecule has 0 spiro atoms.